The number of amides is 2. The molecule has 0 saturated heterocycles. The molecule has 24 heavy (non-hydrogen) atoms. The van der Waals surface area contributed by atoms with E-state index in [1.165, 1.54) is 0 Å². The number of hydrogen-bond donors (Lipinski definition) is 1. The van der Waals surface area contributed by atoms with Crippen molar-refractivity contribution in [3.63, 3.8) is 0 Å². The van der Waals surface area contributed by atoms with Crippen LogP contribution in [0.5, 0.6) is 5.75 Å². The minimum absolute atomic E-state index is 0.0656. The normalized spacial score (nSPS) is 13.6. The Labute approximate surface area is 146 Å². The Hall–Kier alpha value is -2.21. The van der Waals surface area contributed by atoms with E-state index in [1.54, 1.807) is 16.9 Å². The van der Waals surface area contributed by atoms with E-state index < -0.39 is 0 Å². The number of carbonyl (C=O) groups is 1. The zero-order valence-electron chi connectivity index (χ0n) is 13.6. The van der Waals surface area contributed by atoms with Crippen LogP contribution >= 0.6 is 11.6 Å². The van der Waals surface area contributed by atoms with Gasteiger partial charge in [0.15, 0.2) is 0 Å². The van der Waals surface area contributed by atoms with E-state index in [1.807, 2.05) is 36.3 Å². The summed E-state index contributed by atoms with van der Waals surface area (Å²) in [6.07, 6.45) is 5.85. The molecule has 0 atom stereocenters. The summed E-state index contributed by atoms with van der Waals surface area (Å²) in [6, 6.07) is 7.56. The number of para-hydroxylation sites is 1. The molecule has 1 aromatic carbocycles. The van der Waals surface area contributed by atoms with Gasteiger partial charge in [0.05, 0.1) is 24.3 Å². The lowest BCUT2D eigenvalue weighted by Gasteiger charge is -2.22. The topological polar surface area (TPSA) is 59.4 Å². The quantitative estimate of drug-likeness (QED) is 0.783. The van der Waals surface area contributed by atoms with Crippen molar-refractivity contribution >= 4 is 17.6 Å². The summed E-state index contributed by atoms with van der Waals surface area (Å²) in [6.45, 7) is 1.39. The molecule has 0 spiro atoms. The van der Waals surface area contributed by atoms with Crippen LogP contribution in [0.3, 0.4) is 0 Å². The second-order valence-corrected chi connectivity index (χ2v) is 6.30. The summed E-state index contributed by atoms with van der Waals surface area (Å²) in [5.74, 6) is 0.628. The molecule has 0 aliphatic heterocycles. The van der Waals surface area contributed by atoms with E-state index in [0.717, 1.165) is 18.4 Å². The molecule has 0 bridgehead atoms. The first kappa shape index (κ1) is 16.6. The molecule has 0 radical (unpaired) electrons. The fourth-order valence-electron chi connectivity index (χ4n) is 2.49. The second kappa shape index (κ2) is 7.57. The van der Waals surface area contributed by atoms with E-state index in [-0.39, 0.29) is 6.03 Å². The Balaban J connectivity index is 1.46. The summed E-state index contributed by atoms with van der Waals surface area (Å²) >= 11 is 6.03. The maximum atomic E-state index is 12.4. The Morgan fingerprint density at radius 3 is 2.92 bits per heavy atom. The lowest BCUT2D eigenvalue weighted by Crippen LogP contribution is -2.42. The third kappa shape index (κ3) is 4.41. The van der Waals surface area contributed by atoms with E-state index in [4.69, 9.17) is 16.3 Å². The van der Waals surface area contributed by atoms with Gasteiger partial charge in [0.25, 0.3) is 0 Å². The number of nitrogens with one attached hydrogen (secondary N) is 1. The van der Waals surface area contributed by atoms with E-state index in [2.05, 4.69) is 10.4 Å². The molecule has 3 rings (SSSR count). The fraction of sp³-hybridized carbons (Fsp3) is 0.412. The Morgan fingerprint density at radius 2 is 2.25 bits per heavy atom. The third-order valence-corrected chi connectivity index (χ3v) is 4.14. The average molecular weight is 349 g/mol. The van der Waals surface area contributed by atoms with Crippen LogP contribution in [0, 0.1) is 0 Å². The molecular formula is C17H21ClN4O2. The lowest BCUT2D eigenvalue weighted by atomic mass is 10.3. The predicted molar refractivity (Wildman–Crippen MR) is 92.1 cm³/mol. The van der Waals surface area contributed by atoms with Crippen LogP contribution < -0.4 is 10.1 Å². The average Bonchev–Trinajstić information content (AvgIpc) is 3.33. The number of nitrogens with zero attached hydrogens (tertiary/aromatic N) is 3. The van der Waals surface area contributed by atoms with Crippen molar-refractivity contribution in [2.24, 2.45) is 7.05 Å². The zero-order chi connectivity index (χ0) is 16.9. The van der Waals surface area contributed by atoms with Gasteiger partial charge in [-0.25, -0.2) is 4.79 Å². The number of carbonyl (C=O) groups excluding carboxylic acids is 1. The molecule has 0 unspecified atom stereocenters. The molecule has 1 aromatic heterocycles. The van der Waals surface area contributed by atoms with Crippen LogP contribution in [-0.4, -0.2) is 39.9 Å². The van der Waals surface area contributed by atoms with E-state index in [9.17, 15) is 4.79 Å². The lowest BCUT2D eigenvalue weighted by molar-refractivity contribution is 0.189. The molecule has 1 fully saturated rings. The number of ether oxygens (including phenoxy) is 1. The summed E-state index contributed by atoms with van der Waals surface area (Å²) in [5.41, 5.74) is 1.03. The van der Waals surface area contributed by atoms with Crippen LogP contribution in [0.15, 0.2) is 36.7 Å². The minimum Gasteiger partial charge on any atom is -0.490 e. The molecule has 1 aliphatic carbocycles. The van der Waals surface area contributed by atoms with Crippen molar-refractivity contribution in [3.8, 4) is 5.75 Å². The first-order chi connectivity index (χ1) is 11.6. The van der Waals surface area contributed by atoms with Crippen LogP contribution in [-0.2, 0) is 13.6 Å². The van der Waals surface area contributed by atoms with E-state index >= 15 is 0 Å². The molecule has 1 saturated carbocycles. The Bertz CT molecular complexity index is 699. The second-order valence-electron chi connectivity index (χ2n) is 5.89. The van der Waals surface area contributed by atoms with Gasteiger partial charge >= 0.3 is 6.03 Å². The first-order valence-corrected chi connectivity index (χ1v) is 8.40. The summed E-state index contributed by atoms with van der Waals surface area (Å²) in [7, 11) is 1.87. The first-order valence-electron chi connectivity index (χ1n) is 8.03. The number of benzene rings is 1. The molecule has 1 N–H and O–H groups in total. The van der Waals surface area contributed by atoms with Gasteiger partial charge in [-0.1, -0.05) is 23.7 Å². The standard InChI is InChI=1S/C17H21ClN4O2/c1-21-11-13(10-20-21)12-22(14-6-7-14)17(23)19-8-9-24-16-5-3-2-4-15(16)18/h2-5,10-11,14H,6-9,12H2,1H3,(H,19,23). The van der Waals surface area contributed by atoms with Crippen molar-refractivity contribution in [1.29, 1.82) is 0 Å². The van der Waals surface area contributed by atoms with Gasteiger partial charge in [0.1, 0.15) is 12.4 Å². The van der Waals surface area contributed by atoms with Gasteiger partial charge in [-0.3, -0.25) is 4.68 Å². The molecular weight excluding hydrogens is 328 g/mol. The summed E-state index contributed by atoms with van der Waals surface area (Å²) in [4.78, 5) is 14.3. The zero-order valence-corrected chi connectivity index (χ0v) is 14.4. The third-order valence-electron chi connectivity index (χ3n) is 3.83. The van der Waals surface area contributed by atoms with Crippen LogP contribution in [0.1, 0.15) is 18.4 Å². The van der Waals surface area contributed by atoms with Crippen LogP contribution in [0.4, 0.5) is 4.79 Å². The maximum absolute atomic E-state index is 12.4. The van der Waals surface area contributed by atoms with Gasteiger partial charge in [0, 0.05) is 24.8 Å². The summed E-state index contributed by atoms with van der Waals surface area (Å²) < 4.78 is 7.33. The molecule has 128 valence electrons. The number of rotatable bonds is 7. The van der Waals surface area contributed by atoms with Crippen molar-refractivity contribution < 1.29 is 9.53 Å². The smallest absolute Gasteiger partial charge is 0.318 e. The van der Waals surface area contributed by atoms with Crippen molar-refractivity contribution in [1.82, 2.24) is 20.0 Å². The Morgan fingerprint density at radius 1 is 1.46 bits per heavy atom. The number of halogens is 1. The van der Waals surface area contributed by atoms with Gasteiger partial charge in [-0.05, 0) is 25.0 Å². The largest absolute Gasteiger partial charge is 0.490 e. The number of aryl methyl sites for hydroxylation is 1. The van der Waals surface area contributed by atoms with Gasteiger partial charge in [0.2, 0.25) is 0 Å². The summed E-state index contributed by atoms with van der Waals surface area (Å²) in [5, 5.41) is 7.63. The van der Waals surface area contributed by atoms with Crippen molar-refractivity contribution in [2.75, 3.05) is 13.2 Å². The predicted octanol–water partition coefficient (Wildman–Crippen LogP) is 2.83. The fourth-order valence-corrected chi connectivity index (χ4v) is 2.68. The molecule has 1 heterocycles. The highest BCUT2D eigenvalue weighted by atomic mass is 35.5. The SMILES string of the molecule is Cn1cc(CN(C(=O)NCCOc2ccccc2Cl)C2CC2)cn1. The molecule has 6 nitrogen and oxygen atoms in total. The van der Waals surface area contributed by atoms with Crippen molar-refractivity contribution in [3.05, 3.63) is 47.2 Å². The van der Waals surface area contributed by atoms with Gasteiger partial charge in [-0.2, -0.15) is 5.10 Å². The highest BCUT2D eigenvalue weighted by molar-refractivity contribution is 6.32. The number of hydrogen-bond acceptors (Lipinski definition) is 3. The molecule has 7 heteroatoms. The van der Waals surface area contributed by atoms with E-state index in [0.29, 0.717) is 36.5 Å². The van der Waals surface area contributed by atoms with Gasteiger partial charge < -0.3 is 15.0 Å². The highest BCUT2D eigenvalue weighted by Crippen LogP contribution is 2.28. The van der Waals surface area contributed by atoms with Gasteiger partial charge in [-0.15, -0.1) is 0 Å². The Kier molecular flexibility index (Phi) is 5.25. The maximum Gasteiger partial charge on any atom is 0.318 e. The van der Waals surface area contributed by atoms with Crippen molar-refractivity contribution in [2.45, 2.75) is 25.4 Å². The molecule has 2 aromatic rings. The minimum atomic E-state index is -0.0656. The molecule has 2 amide bonds. The highest BCUT2D eigenvalue weighted by Gasteiger charge is 2.32. The number of aromatic nitrogens is 2. The van der Waals surface area contributed by atoms with Crippen LogP contribution in [0.2, 0.25) is 5.02 Å². The monoisotopic (exact) mass is 348 g/mol. The van der Waals surface area contributed by atoms with Crippen LogP contribution in [0.25, 0.3) is 0 Å². The molecule has 1 aliphatic rings. The number of urea groups is 1.